The van der Waals surface area contributed by atoms with Crippen molar-refractivity contribution >= 4 is 19.7 Å². The van der Waals surface area contributed by atoms with Crippen LogP contribution in [0.25, 0.3) is 0 Å². The van der Waals surface area contributed by atoms with Crippen molar-refractivity contribution in [3.8, 4) is 6.07 Å². The van der Waals surface area contributed by atoms with Gasteiger partial charge >= 0.3 is 0 Å². The second-order valence-corrected chi connectivity index (χ2v) is 9.12. The summed E-state index contributed by atoms with van der Waals surface area (Å²) in [5, 5.41) is 9.07. The fourth-order valence-corrected chi connectivity index (χ4v) is 5.59. The van der Waals surface area contributed by atoms with Gasteiger partial charge in [-0.3, -0.25) is 0 Å². The van der Waals surface area contributed by atoms with Crippen molar-refractivity contribution in [1.82, 2.24) is 0 Å². The van der Waals surface area contributed by atoms with Crippen molar-refractivity contribution in [2.45, 2.75) is 26.2 Å². The summed E-state index contributed by atoms with van der Waals surface area (Å²) in [6.45, 7) is 1.78. The van der Waals surface area contributed by atoms with E-state index in [-0.39, 0.29) is 35.9 Å². The number of nitriles is 1. The molecule has 1 heterocycles. The van der Waals surface area contributed by atoms with Gasteiger partial charge in [-0.05, 0) is 19.3 Å². The molecule has 1 saturated heterocycles. The second kappa shape index (κ2) is 4.94. The summed E-state index contributed by atoms with van der Waals surface area (Å²) in [5.41, 5.74) is -0.986. The summed E-state index contributed by atoms with van der Waals surface area (Å²) in [7, 11) is -6.31. The van der Waals surface area contributed by atoms with Crippen LogP contribution in [0, 0.1) is 16.7 Å². The fourth-order valence-electron chi connectivity index (χ4n) is 2.02. The molecule has 0 aromatic rings. The first kappa shape index (κ1) is 14.5. The Bertz CT molecular complexity index is 515. The van der Waals surface area contributed by atoms with E-state index in [0.29, 0.717) is 6.42 Å². The third-order valence-corrected chi connectivity index (χ3v) is 6.71. The number of hydrogen-bond acceptors (Lipinski definition) is 5. The molecule has 17 heavy (non-hydrogen) atoms. The lowest BCUT2D eigenvalue weighted by molar-refractivity contribution is 0.435. The molecule has 0 aliphatic carbocycles. The van der Waals surface area contributed by atoms with E-state index >= 15 is 0 Å². The van der Waals surface area contributed by atoms with Crippen LogP contribution in [0.1, 0.15) is 26.2 Å². The number of nitrogens with zero attached hydrogens (tertiary/aromatic N) is 1. The Balaban J connectivity index is 2.71. The lowest BCUT2D eigenvalue weighted by Gasteiger charge is -2.17. The van der Waals surface area contributed by atoms with Crippen LogP contribution >= 0.6 is 0 Å². The highest BCUT2D eigenvalue weighted by molar-refractivity contribution is 7.92. The van der Waals surface area contributed by atoms with E-state index in [1.54, 1.807) is 6.92 Å². The molecule has 1 rings (SSSR count). The van der Waals surface area contributed by atoms with Crippen LogP contribution < -0.4 is 0 Å². The summed E-state index contributed by atoms with van der Waals surface area (Å²) in [5.74, 6) is -0.197. The van der Waals surface area contributed by atoms with E-state index in [1.165, 1.54) is 0 Å². The largest absolute Gasteiger partial charge is 0.229 e. The molecule has 5 nitrogen and oxygen atoms in total. The molecule has 1 fully saturated rings. The maximum absolute atomic E-state index is 11.5. The highest BCUT2D eigenvalue weighted by Gasteiger charge is 2.43. The van der Waals surface area contributed by atoms with Crippen LogP contribution in [0.4, 0.5) is 0 Å². The molecule has 7 heteroatoms. The van der Waals surface area contributed by atoms with Crippen LogP contribution in [0.3, 0.4) is 0 Å². The van der Waals surface area contributed by atoms with Gasteiger partial charge in [0.2, 0.25) is 0 Å². The average Bonchev–Trinajstić information content (AvgIpc) is 2.53. The van der Waals surface area contributed by atoms with Crippen LogP contribution in [0.5, 0.6) is 0 Å². The van der Waals surface area contributed by atoms with Gasteiger partial charge in [0.25, 0.3) is 0 Å². The summed E-state index contributed by atoms with van der Waals surface area (Å²) in [4.78, 5) is 0. The fraction of sp³-hybridized carbons (Fsp3) is 0.900. The van der Waals surface area contributed by atoms with Crippen LogP contribution in [-0.2, 0) is 19.7 Å². The molecule has 0 spiro atoms. The lowest BCUT2D eigenvalue weighted by atomic mass is 9.87. The van der Waals surface area contributed by atoms with Gasteiger partial charge in [0.05, 0.1) is 28.7 Å². The minimum atomic E-state index is -3.16. The Morgan fingerprint density at radius 2 is 2.00 bits per heavy atom. The molecule has 0 aromatic heterocycles. The monoisotopic (exact) mass is 279 g/mol. The van der Waals surface area contributed by atoms with Crippen LogP contribution in [0.2, 0.25) is 0 Å². The van der Waals surface area contributed by atoms with Crippen molar-refractivity contribution in [1.29, 1.82) is 5.26 Å². The smallest absolute Gasteiger partial charge is 0.151 e. The zero-order valence-corrected chi connectivity index (χ0v) is 11.5. The molecule has 0 saturated carbocycles. The van der Waals surface area contributed by atoms with E-state index in [1.807, 2.05) is 6.07 Å². The van der Waals surface area contributed by atoms with Crippen molar-refractivity contribution in [3.05, 3.63) is 0 Å². The van der Waals surface area contributed by atoms with Crippen LogP contribution in [0.15, 0.2) is 0 Å². The van der Waals surface area contributed by atoms with E-state index in [2.05, 4.69) is 0 Å². The topological polar surface area (TPSA) is 92.1 Å². The highest BCUT2D eigenvalue weighted by Crippen LogP contribution is 2.35. The van der Waals surface area contributed by atoms with E-state index in [0.717, 1.165) is 0 Å². The van der Waals surface area contributed by atoms with Gasteiger partial charge < -0.3 is 0 Å². The molecular weight excluding hydrogens is 262 g/mol. The minimum Gasteiger partial charge on any atom is -0.229 e. The number of sulfone groups is 2. The van der Waals surface area contributed by atoms with Gasteiger partial charge in [-0.15, -0.1) is 0 Å². The molecule has 1 unspecified atom stereocenters. The maximum atomic E-state index is 11.5. The molecule has 1 atom stereocenters. The van der Waals surface area contributed by atoms with Gasteiger partial charge in [-0.1, -0.05) is 6.92 Å². The molecule has 1 aliphatic rings. The van der Waals surface area contributed by atoms with E-state index < -0.39 is 25.1 Å². The van der Waals surface area contributed by atoms with Crippen LogP contribution in [-0.4, -0.2) is 39.8 Å². The van der Waals surface area contributed by atoms with Gasteiger partial charge in [0, 0.05) is 5.75 Å². The quantitative estimate of drug-likeness (QED) is 0.732. The predicted octanol–water partition coefficient (Wildman–Crippen LogP) is 0.530. The normalized spacial score (nSPS) is 27.8. The Kier molecular flexibility index (Phi) is 4.20. The Morgan fingerprint density at radius 3 is 2.41 bits per heavy atom. The Labute approximate surface area is 103 Å². The first-order valence-electron chi connectivity index (χ1n) is 5.56. The molecule has 0 radical (unpaired) electrons. The lowest BCUT2D eigenvalue weighted by Crippen LogP contribution is -2.25. The molecule has 1 aliphatic heterocycles. The SMILES string of the molecule is CCCS(=O)(=O)CCC1(C#N)CCS(=O)(=O)C1. The molecule has 98 valence electrons. The first-order valence-corrected chi connectivity index (χ1v) is 9.21. The third-order valence-electron chi connectivity index (χ3n) is 3.03. The Morgan fingerprint density at radius 1 is 1.35 bits per heavy atom. The Hall–Kier alpha value is -0.610. The first-order chi connectivity index (χ1) is 7.74. The molecule has 0 amide bonds. The maximum Gasteiger partial charge on any atom is 0.151 e. The standard InChI is InChI=1S/C10H17NO4S2/c1-2-5-16(12,13)6-3-10(8-11)4-7-17(14,15)9-10/h2-7,9H2,1H3. The number of hydrogen-bond donors (Lipinski definition) is 0. The zero-order chi connectivity index (χ0) is 13.2. The minimum absolute atomic E-state index is 0.00557. The summed E-state index contributed by atoms with van der Waals surface area (Å²) >= 11 is 0. The van der Waals surface area contributed by atoms with Gasteiger partial charge in [-0.2, -0.15) is 5.26 Å². The average molecular weight is 279 g/mol. The third kappa shape index (κ3) is 3.96. The second-order valence-electron chi connectivity index (χ2n) is 4.64. The summed E-state index contributed by atoms with van der Waals surface area (Å²) < 4.78 is 45.8. The molecule has 0 bridgehead atoms. The van der Waals surface area contributed by atoms with Gasteiger partial charge in [0.15, 0.2) is 9.84 Å². The summed E-state index contributed by atoms with van der Waals surface area (Å²) in [6.07, 6.45) is 0.929. The zero-order valence-electron chi connectivity index (χ0n) is 9.85. The van der Waals surface area contributed by atoms with Crippen molar-refractivity contribution in [2.24, 2.45) is 5.41 Å². The number of rotatable bonds is 5. The van der Waals surface area contributed by atoms with Crippen molar-refractivity contribution < 1.29 is 16.8 Å². The van der Waals surface area contributed by atoms with E-state index in [9.17, 15) is 16.8 Å². The van der Waals surface area contributed by atoms with E-state index in [4.69, 9.17) is 5.26 Å². The van der Waals surface area contributed by atoms with Gasteiger partial charge in [0.1, 0.15) is 9.84 Å². The molecule has 0 aromatic carbocycles. The van der Waals surface area contributed by atoms with Gasteiger partial charge in [-0.25, -0.2) is 16.8 Å². The molecular formula is C10H17NO4S2. The van der Waals surface area contributed by atoms with Crippen molar-refractivity contribution in [3.63, 3.8) is 0 Å². The summed E-state index contributed by atoms with van der Waals surface area (Å²) in [6, 6.07) is 2.00. The predicted molar refractivity (Wildman–Crippen MR) is 64.9 cm³/mol. The molecule has 0 N–H and O–H groups in total. The van der Waals surface area contributed by atoms with Crippen molar-refractivity contribution in [2.75, 3.05) is 23.0 Å². The highest BCUT2D eigenvalue weighted by atomic mass is 32.2.